The monoisotopic (exact) mass is 758 g/mol. The van der Waals surface area contributed by atoms with Gasteiger partial charge in [0.2, 0.25) is 5.91 Å². The number of nitrogens with one attached hydrogen (secondary N) is 3. The van der Waals surface area contributed by atoms with E-state index in [1.54, 1.807) is 4.68 Å². The van der Waals surface area contributed by atoms with Crippen molar-refractivity contribution in [2.45, 2.75) is 165 Å². The second-order valence-electron chi connectivity index (χ2n) is 17.8. The smallest absolute Gasteiger partial charge is 0.259 e. The molecule has 5 heterocycles. The van der Waals surface area contributed by atoms with Crippen LogP contribution in [0.4, 0.5) is 20.4 Å². The van der Waals surface area contributed by atoms with E-state index in [0.29, 0.717) is 32.0 Å². The Morgan fingerprint density at radius 2 is 1.37 bits per heavy atom. The molecule has 2 saturated carbocycles. The lowest BCUT2D eigenvalue weighted by molar-refractivity contribution is -0.139. The molecule has 4 aliphatic heterocycles. The molecule has 3 saturated heterocycles. The predicted octanol–water partition coefficient (Wildman–Crippen LogP) is 5.68. The van der Waals surface area contributed by atoms with E-state index in [0.717, 1.165) is 77.3 Å². The Bertz CT molecular complexity index is 1370. The Hall–Kier alpha value is -2.51. The van der Waals surface area contributed by atoms with Crippen molar-refractivity contribution in [1.29, 1.82) is 0 Å². The number of nitrogens with two attached hydrogens (primary N) is 1. The number of alkyl halides is 2. The van der Waals surface area contributed by atoms with Crippen LogP contribution in [-0.4, -0.2) is 126 Å². The summed E-state index contributed by atoms with van der Waals surface area (Å²) in [6.45, 7) is 3.97. The number of likely N-dealkylation sites (tertiary alicyclic amines) is 1. The lowest BCUT2D eigenvalue weighted by Gasteiger charge is -2.50. The van der Waals surface area contributed by atoms with E-state index in [1.807, 2.05) is 11.9 Å². The maximum atomic E-state index is 17.4. The Balaban J connectivity index is 1.10. The molecule has 11 nitrogen and oxygen atoms in total. The number of rotatable bonds is 6. The minimum absolute atomic E-state index is 0.0900. The van der Waals surface area contributed by atoms with Crippen molar-refractivity contribution in [3.8, 4) is 0 Å². The zero-order valence-electron chi connectivity index (χ0n) is 33.0. The molecule has 5 fully saturated rings. The molecule has 13 heteroatoms. The largest absolute Gasteiger partial charge is 0.381 e. The van der Waals surface area contributed by atoms with Gasteiger partial charge in [0.25, 0.3) is 5.91 Å². The normalized spacial score (nSPS) is 32.9. The van der Waals surface area contributed by atoms with Gasteiger partial charge in [0, 0.05) is 51.4 Å². The fourth-order valence-electron chi connectivity index (χ4n) is 11.1. The van der Waals surface area contributed by atoms with Gasteiger partial charge >= 0.3 is 0 Å². The Labute approximate surface area is 322 Å². The molecule has 5 N–H and O–H groups in total. The van der Waals surface area contributed by atoms with Crippen LogP contribution in [0.5, 0.6) is 0 Å². The van der Waals surface area contributed by atoms with Gasteiger partial charge in [0.15, 0.2) is 5.82 Å². The number of nitrogens with zero attached hydrogens (tertiary/aromatic N) is 5. The summed E-state index contributed by atoms with van der Waals surface area (Å²) < 4.78 is 34.9. The number of fused-ring (bicyclic) bond motifs is 1. The summed E-state index contributed by atoms with van der Waals surface area (Å²) in [5.41, 5.74) is 6.79. The standard InChI is InChI=1S/C41H69F2N9O2/c1-49-23-24-51(33(53)27-49)30-19-21-50(22-20-30)38-32(26-45-36(35(38)43)28-15-11-7-5-6-8-12-16-28)47-41(54)34-39(44)48-52-37(31(42)25-46-40(34)52)29-17-13-9-3-2-4-10-14-18-29/h28-32,35-38,45-46H,2-27H2,1H3,(H2,44,48)(H,47,54). The summed E-state index contributed by atoms with van der Waals surface area (Å²) in [5.74, 6) is 0.757. The van der Waals surface area contributed by atoms with E-state index in [2.05, 4.69) is 30.8 Å². The SMILES string of the molecule is CN1CCN(C2CCN(C3C(NC(=O)c4c(N)nn5c4NCC(F)C5C4CCCCCCCCC4)CNC(C4CCCCCCCC4)C3F)CC2)C(=O)C1. The highest BCUT2D eigenvalue weighted by Gasteiger charge is 2.48. The molecule has 2 amide bonds. The first-order valence-electron chi connectivity index (χ1n) is 22.0. The minimum atomic E-state index is -1.17. The molecular weight excluding hydrogens is 689 g/mol. The molecule has 0 aromatic carbocycles. The number of hydrogen-bond donors (Lipinski definition) is 4. The van der Waals surface area contributed by atoms with Crippen LogP contribution in [-0.2, 0) is 4.79 Å². The quantitative estimate of drug-likeness (QED) is 0.293. The average molecular weight is 758 g/mol. The van der Waals surface area contributed by atoms with Crippen LogP contribution in [0.1, 0.15) is 138 Å². The number of likely N-dealkylation sites (N-methyl/N-ethyl adjacent to an activating group) is 1. The highest BCUT2D eigenvalue weighted by Crippen LogP contribution is 2.41. The maximum Gasteiger partial charge on any atom is 0.259 e. The number of piperazine rings is 1. The second-order valence-corrected chi connectivity index (χ2v) is 17.8. The third kappa shape index (κ3) is 9.03. The molecule has 0 bridgehead atoms. The van der Waals surface area contributed by atoms with Crippen molar-refractivity contribution >= 4 is 23.5 Å². The maximum absolute atomic E-state index is 17.4. The van der Waals surface area contributed by atoms with Gasteiger partial charge in [0.1, 0.15) is 23.7 Å². The highest BCUT2D eigenvalue weighted by molar-refractivity contribution is 6.03. The van der Waals surface area contributed by atoms with Crippen LogP contribution in [0.25, 0.3) is 0 Å². The molecule has 2 aliphatic carbocycles. The van der Waals surface area contributed by atoms with Crippen molar-refractivity contribution in [3.63, 3.8) is 0 Å². The van der Waals surface area contributed by atoms with Crippen molar-refractivity contribution in [2.75, 3.05) is 63.9 Å². The lowest BCUT2D eigenvalue weighted by atomic mass is 9.79. The van der Waals surface area contributed by atoms with Crippen molar-refractivity contribution in [2.24, 2.45) is 11.8 Å². The van der Waals surface area contributed by atoms with Gasteiger partial charge < -0.3 is 26.6 Å². The van der Waals surface area contributed by atoms with Crippen LogP contribution in [0, 0.1) is 11.8 Å². The first-order chi connectivity index (χ1) is 26.3. The van der Waals surface area contributed by atoms with E-state index in [9.17, 15) is 9.59 Å². The van der Waals surface area contributed by atoms with Gasteiger partial charge in [-0.25, -0.2) is 13.5 Å². The molecule has 0 radical (unpaired) electrons. The van der Waals surface area contributed by atoms with Gasteiger partial charge in [-0.05, 0) is 57.4 Å². The van der Waals surface area contributed by atoms with Crippen molar-refractivity contribution < 1.29 is 18.4 Å². The number of carbonyl (C=O) groups excluding carboxylic acids is 2. The number of anilines is 2. The number of aromatic nitrogens is 2. The van der Waals surface area contributed by atoms with Crippen molar-refractivity contribution in [3.05, 3.63) is 5.56 Å². The molecule has 6 atom stereocenters. The Kier molecular flexibility index (Phi) is 13.7. The third-order valence-corrected chi connectivity index (χ3v) is 14.1. The molecule has 7 rings (SSSR count). The number of piperidine rings is 2. The molecule has 54 heavy (non-hydrogen) atoms. The molecule has 304 valence electrons. The fraction of sp³-hybridized carbons (Fsp3) is 0.878. The number of halogens is 2. The molecule has 0 spiro atoms. The zero-order chi connectivity index (χ0) is 37.6. The summed E-state index contributed by atoms with van der Waals surface area (Å²) in [7, 11) is 1.99. The van der Waals surface area contributed by atoms with Crippen molar-refractivity contribution in [1.82, 2.24) is 35.1 Å². The van der Waals surface area contributed by atoms with Gasteiger partial charge in [0.05, 0.1) is 24.7 Å². The Morgan fingerprint density at radius 1 is 0.778 bits per heavy atom. The second kappa shape index (κ2) is 18.6. The highest BCUT2D eigenvalue weighted by atomic mass is 19.1. The first-order valence-corrected chi connectivity index (χ1v) is 22.0. The molecule has 1 aromatic rings. The molecule has 1 aromatic heterocycles. The van der Waals surface area contributed by atoms with Crippen LogP contribution in [0.15, 0.2) is 0 Å². The number of amides is 2. The average Bonchev–Trinajstić information content (AvgIpc) is 3.56. The van der Waals surface area contributed by atoms with E-state index < -0.39 is 30.5 Å². The van der Waals surface area contributed by atoms with E-state index in [4.69, 9.17) is 5.73 Å². The van der Waals surface area contributed by atoms with Crippen LogP contribution < -0.4 is 21.7 Å². The summed E-state index contributed by atoms with van der Waals surface area (Å²) >= 11 is 0. The summed E-state index contributed by atoms with van der Waals surface area (Å²) in [4.78, 5) is 33.7. The first kappa shape index (κ1) is 39.7. The molecule has 6 unspecified atom stereocenters. The van der Waals surface area contributed by atoms with Gasteiger partial charge in [-0.15, -0.1) is 0 Å². The molecular formula is C41H69F2N9O2. The minimum Gasteiger partial charge on any atom is -0.381 e. The number of hydrogen-bond acceptors (Lipinski definition) is 8. The summed E-state index contributed by atoms with van der Waals surface area (Å²) in [5, 5.41) is 14.7. The topological polar surface area (TPSA) is 124 Å². The van der Waals surface area contributed by atoms with Crippen LogP contribution >= 0.6 is 0 Å². The zero-order valence-corrected chi connectivity index (χ0v) is 33.0. The Morgan fingerprint density at radius 3 is 1.98 bits per heavy atom. The predicted molar refractivity (Wildman–Crippen MR) is 210 cm³/mol. The van der Waals surface area contributed by atoms with E-state index >= 15 is 8.78 Å². The van der Waals surface area contributed by atoms with E-state index in [1.165, 1.54) is 57.8 Å². The summed E-state index contributed by atoms with van der Waals surface area (Å²) in [6.07, 6.45) is 18.6. The van der Waals surface area contributed by atoms with E-state index in [-0.39, 0.29) is 53.7 Å². The third-order valence-electron chi connectivity index (χ3n) is 14.1. The van der Waals surface area contributed by atoms with Crippen LogP contribution in [0.3, 0.4) is 0 Å². The lowest BCUT2D eigenvalue weighted by Crippen LogP contribution is -2.70. The van der Waals surface area contributed by atoms with Gasteiger partial charge in [-0.1, -0.05) is 83.5 Å². The number of nitrogen functional groups attached to an aromatic ring is 1. The van der Waals surface area contributed by atoms with Gasteiger partial charge in [-0.3, -0.25) is 19.4 Å². The number of carbonyl (C=O) groups is 2. The van der Waals surface area contributed by atoms with Gasteiger partial charge in [-0.2, -0.15) is 5.10 Å². The fourth-order valence-corrected chi connectivity index (χ4v) is 11.1. The van der Waals surface area contributed by atoms with Crippen LogP contribution in [0.2, 0.25) is 0 Å². The summed E-state index contributed by atoms with van der Waals surface area (Å²) in [6, 6.07) is -1.59. The molecule has 6 aliphatic rings.